The minimum atomic E-state index is -1.93. The van der Waals surface area contributed by atoms with Gasteiger partial charge in [-0.15, -0.1) is 0 Å². The minimum absolute atomic E-state index is 0.0401. The molecule has 0 spiro atoms. The van der Waals surface area contributed by atoms with Crippen molar-refractivity contribution in [1.29, 1.82) is 0 Å². The summed E-state index contributed by atoms with van der Waals surface area (Å²) in [6.07, 6.45) is 1.07. The van der Waals surface area contributed by atoms with Gasteiger partial charge >= 0.3 is 0 Å². The average molecular weight is 450 g/mol. The Bertz CT molecular complexity index is 1110. The first-order valence-corrected chi connectivity index (χ1v) is 14.3. The van der Waals surface area contributed by atoms with Crippen LogP contribution in [0.25, 0.3) is 5.31 Å². The zero-order chi connectivity index (χ0) is 22.0. The van der Waals surface area contributed by atoms with Crippen molar-refractivity contribution in [2.75, 3.05) is 12.8 Å². The maximum atomic E-state index is 6.72. The van der Waals surface area contributed by atoms with Gasteiger partial charge in [0.1, 0.15) is 6.61 Å². The zero-order valence-electron chi connectivity index (χ0n) is 19.1. The molecule has 3 aliphatic heterocycles. The molecular formula is C27H32NOPS. The van der Waals surface area contributed by atoms with Crippen molar-refractivity contribution in [3.05, 3.63) is 77.4 Å². The van der Waals surface area contributed by atoms with Gasteiger partial charge in [0.15, 0.2) is 5.90 Å². The molecule has 5 rings (SSSR count). The molecule has 2 aromatic rings. The Hall–Kier alpha value is -1.70. The summed E-state index contributed by atoms with van der Waals surface area (Å²) in [6, 6.07) is 20.1. The quantitative estimate of drug-likeness (QED) is 0.474. The molecular weight excluding hydrogens is 417 g/mol. The highest BCUT2D eigenvalue weighted by atomic mass is 32.4. The molecule has 0 radical (unpaired) electrons. The van der Waals surface area contributed by atoms with Crippen molar-refractivity contribution < 1.29 is 4.74 Å². The predicted molar refractivity (Wildman–Crippen MR) is 136 cm³/mol. The fourth-order valence-corrected chi connectivity index (χ4v) is 13.1. The molecule has 4 heteroatoms. The van der Waals surface area contributed by atoms with Crippen molar-refractivity contribution >= 4 is 29.1 Å². The van der Waals surface area contributed by atoms with E-state index in [1.54, 1.807) is 0 Å². The topological polar surface area (TPSA) is 21.6 Å². The minimum Gasteiger partial charge on any atom is -0.478 e. The highest BCUT2D eigenvalue weighted by Gasteiger charge is 2.64. The van der Waals surface area contributed by atoms with Crippen LogP contribution >= 0.6 is 6.04 Å². The Morgan fingerprint density at radius 3 is 2.23 bits per heavy atom. The molecule has 1 saturated heterocycles. The molecule has 0 amide bonds. The van der Waals surface area contributed by atoms with E-state index < -0.39 is 6.04 Å². The first-order valence-electron chi connectivity index (χ1n) is 11.3. The summed E-state index contributed by atoms with van der Waals surface area (Å²) in [5.74, 6) is 1.26. The fraction of sp³-hybridized carbons (Fsp3) is 0.444. The monoisotopic (exact) mass is 449 g/mol. The molecule has 3 heterocycles. The van der Waals surface area contributed by atoms with Crippen LogP contribution in [-0.2, 0) is 16.5 Å². The number of rotatable bonds is 3. The van der Waals surface area contributed by atoms with Gasteiger partial charge in [-0.05, 0) is 41.0 Å². The summed E-state index contributed by atoms with van der Waals surface area (Å²) in [5, 5.41) is 1.44. The molecule has 2 bridgehead atoms. The van der Waals surface area contributed by atoms with Crippen molar-refractivity contribution in [1.82, 2.24) is 0 Å². The third kappa shape index (κ3) is 3.11. The van der Waals surface area contributed by atoms with E-state index in [9.17, 15) is 0 Å². The van der Waals surface area contributed by atoms with Crippen LogP contribution in [0.4, 0.5) is 0 Å². The lowest BCUT2D eigenvalue weighted by Crippen LogP contribution is -2.35. The van der Waals surface area contributed by atoms with Crippen molar-refractivity contribution in [2.45, 2.75) is 52.2 Å². The molecule has 0 saturated carbocycles. The Labute approximate surface area is 191 Å². The summed E-state index contributed by atoms with van der Waals surface area (Å²) in [5.41, 5.74) is 4.47. The SMILES string of the molecule is CC1=C(c2ccccc2)[P@]2(=S)C[C@]1(C)[C@@H](c1ccccc1)[C@H]2C1=NC(C(C)(C)C)CO1. The number of hydrogen-bond donors (Lipinski definition) is 0. The molecule has 0 N–H and O–H groups in total. The van der Waals surface area contributed by atoms with Crippen molar-refractivity contribution in [3.8, 4) is 0 Å². The van der Waals surface area contributed by atoms with Gasteiger partial charge in [-0.1, -0.05) is 106 Å². The number of nitrogens with zero attached hydrogens (tertiary/aromatic N) is 1. The van der Waals surface area contributed by atoms with Gasteiger partial charge in [0.05, 0.1) is 11.7 Å². The van der Waals surface area contributed by atoms with Gasteiger partial charge in [-0.25, -0.2) is 4.99 Å². The number of fused-ring (bicyclic) bond motifs is 2. The van der Waals surface area contributed by atoms with Crippen LogP contribution < -0.4 is 0 Å². The molecule has 0 aromatic heterocycles. The average Bonchev–Trinajstić information content (AvgIpc) is 3.36. The number of ether oxygens (including phenoxy) is 1. The molecule has 162 valence electrons. The van der Waals surface area contributed by atoms with E-state index in [1.807, 2.05) is 0 Å². The highest BCUT2D eigenvalue weighted by Crippen LogP contribution is 2.83. The Kier molecular flexibility index (Phi) is 4.88. The second-order valence-electron chi connectivity index (χ2n) is 10.7. The second-order valence-corrected chi connectivity index (χ2v) is 15.6. The van der Waals surface area contributed by atoms with Crippen LogP contribution in [0.5, 0.6) is 0 Å². The fourth-order valence-electron chi connectivity index (χ4n) is 5.96. The Morgan fingerprint density at radius 2 is 1.65 bits per heavy atom. The molecule has 31 heavy (non-hydrogen) atoms. The maximum Gasteiger partial charge on any atom is 0.193 e. The molecule has 3 aliphatic rings. The number of allylic oxidation sites excluding steroid dienone is 1. The molecule has 2 aromatic carbocycles. The van der Waals surface area contributed by atoms with E-state index >= 15 is 0 Å². The molecule has 5 atom stereocenters. The van der Waals surface area contributed by atoms with Gasteiger partial charge < -0.3 is 4.74 Å². The van der Waals surface area contributed by atoms with E-state index in [4.69, 9.17) is 21.5 Å². The van der Waals surface area contributed by atoms with Gasteiger partial charge in [0, 0.05) is 11.3 Å². The van der Waals surface area contributed by atoms with Gasteiger partial charge in [0.2, 0.25) is 0 Å². The molecule has 1 fully saturated rings. The first-order chi connectivity index (χ1) is 14.7. The standard InChI is InChI=1S/C27H32NOPS/c1-18-23(20-14-10-7-11-15-20)30(31)17-27(18,5)22(19-12-8-6-9-13-19)24(30)25-28-21(16-29-25)26(2,3)4/h6-15,21-22,24H,16-17H2,1-5H3/t21?,22-,24-,27-,30+/m0/s1. The number of hydrogen-bond acceptors (Lipinski definition) is 3. The third-order valence-electron chi connectivity index (χ3n) is 7.74. The van der Waals surface area contributed by atoms with Crippen LogP contribution in [-0.4, -0.2) is 30.4 Å². The Morgan fingerprint density at radius 1 is 1.03 bits per heavy atom. The largest absolute Gasteiger partial charge is 0.478 e. The zero-order valence-corrected chi connectivity index (χ0v) is 20.8. The summed E-state index contributed by atoms with van der Waals surface area (Å²) in [4.78, 5) is 5.20. The van der Waals surface area contributed by atoms with Gasteiger partial charge in [-0.2, -0.15) is 0 Å². The van der Waals surface area contributed by atoms with Crippen LogP contribution in [0.2, 0.25) is 0 Å². The summed E-state index contributed by atoms with van der Waals surface area (Å²) >= 11 is 6.72. The van der Waals surface area contributed by atoms with Crippen molar-refractivity contribution in [3.63, 3.8) is 0 Å². The van der Waals surface area contributed by atoms with E-state index in [2.05, 4.69) is 95.3 Å². The lowest BCUT2D eigenvalue weighted by molar-refractivity contribution is 0.231. The van der Waals surface area contributed by atoms with Crippen LogP contribution in [0.1, 0.15) is 51.7 Å². The smallest absolute Gasteiger partial charge is 0.193 e. The van der Waals surface area contributed by atoms with Crippen LogP contribution in [0.3, 0.4) is 0 Å². The highest BCUT2D eigenvalue weighted by molar-refractivity contribution is 8.20. The summed E-state index contributed by atoms with van der Waals surface area (Å²) < 4.78 is 6.40. The number of aliphatic imine (C=N–C) groups is 1. The maximum absolute atomic E-state index is 6.72. The summed E-state index contributed by atoms with van der Waals surface area (Å²) in [6.45, 7) is 12.2. The van der Waals surface area contributed by atoms with Crippen LogP contribution in [0.15, 0.2) is 71.2 Å². The van der Waals surface area contributed by atoms with Crippen molar-refractivity contribution in [2.24, 2.45) is 15.8 Å². The third-order valence-corrected chi connectivity index (χ3v) is 13.2. The van der Waals surface area contributed by atoms with Gasteiger partial charge in [0.25, 0.3) is 0 Å². The van der Waals surface area contributed by atoms with E-state index in [-0.39, 0.29) is 22.5 Å². The first kappa shape index (κ1) is 21.2. The molecule has 1 unspecified atom stereocenters. The summed E-state index contributed by atoms with van der Waals surface area (Å²) in [7, 11) is 0. The normalized spacial score (nSPS) is 34.7. The van der Waals surface area contributed by atoms with Crippen LogP contribution in [0, 0.1) is 10.8 Å². The Balaban J connectivity index is 1.71. The second kappa shape index (κ2) is 7.15. The predicted octanol–water partition coefficient (Wildman–Crippen LogP) is 6.93. The molecule has 0 aliphatic carbocycles. The van der Waals surface area contributed by atoms with E-state index in [0.717, 1.165) is 12.1 Å². The lowest BCUT2D eigenvalue weighted by atomic mass is 9.68. The van der Waals surface area contributed by atoms with E-state index in [0.29, 0.717) is 12.5 Å². The van der Waals surface area contributed by atoms with E-state index in [1.165, 1.54) is 22.0 Å². The molecule has 2 nitrogen and oxygen atoms in total. The van der Waals surface area contributed by atoms with Gasteiger partial charge in [-0.3, -0.25) is 0 Å². The number of benzene rings is 2. The lowest BCUT2D eigenvalue weighted by Gasteiger charge is -2.39.